The Balaban J connectivity index is 1.77. The number of allylic oxidation sites excluding steroid dienone is 4. The molecular formula is C28H38F2O7. The minimum Gasteiger partial charge on any atom is -0.478 e. The van der Waals surface area contributed by atoms with E-state index in [1.165, 1.54) is 19.1 Å². The molecule has 0 radical (unpaired) electrons. The number of carbonyl (C=O) groups is 3. The molecule has 37 heavy (non-hydrogen) atoms. The van der Waals surface area contributed by atoms with Gasteiger partial charge >= 0.3 is 12.1 Å². The second kappa shape index (κ2) is 8.89. The van der Waals surface area contributed by atoms with Gasteiger partial charge in [0.25, 0.3) is 0 Å². The first-order chi connectivity index (χ1) is 17.1. The maximum atomic E-state index is 17.3. The van der Waals surface area contributed by atoms with Crippen LogP contribution in [-0.2, 0) is 19.1 Å². The van der Waals surface area contributed by atoms with Gasteiger partial charge in [0.05, 0.1) is 6.10 Å². The predicted molar refractivity (Wildman–Crippen MR) is 130 cm³/mol. The van der Waals surface area contributed by atoms with Crippen LogP contribution in [0.3, 0.4) is 0 Å². The smallest absolute Gasteiger partial charge is 0.478 e. The number of halogens is 2. The Hall–Kier alpha value is -2.29. The van der Waals surface area contributed by atoms with E-state index >= 15 is 8.78 Å². The zero-order valence-corrected chi connectivity index (χ0v) is 22.3. The van der Waals surface area contributed by atoms with Crippen molar-refractivity contribution in [3.8, 4) is 0 Å². The third-order valence-electron chi connectivity index (χ3n) is 10.1. The first kappa shape index (κ1) is 27.7. The summed E-state index contributed by atoms with van der Waals surface area (Å²) in [6.07, 6.45) is -1.27. The van der Waals surface area contributed by atoms with Crippen molar-refractivity contribution >= 4 is 17.9 Å². The third kappa shape index (κ3) is 3.55. The van der Waals surface area contributed by atoms with Gasteiger partial charge in [-0.3, -0.25) is 4.79 Å². The monoisotopic (exact) mass is 524 g/mol. The van der Waals surface area contributed by atoms with Crippen LogP contribution in [0.1, 0.15) is 67.2 Å². The minimum absolute atomic E-state index is 0.00364. The minimum atomic E-state index is -2.34. The standard InChI is InChI=1S/C28H38F2O7/c1-7-21(14(2)3)36-24(35)37-28(23(33)34)15(4)10-17-18-12-20(29)19-11-16(31)8-9-25(19,5)27(18,30)22(32)13-26(17,28)6/h8-9,11,14-15,17-18,20-22,32H,7,10,12-13H2,1-6H3,(H,33,34)/t15-,17+,18+,20+,21?,22+,25+,26+,27?,28-/m1/s1. The van der Waals surface area contributed by atoms with Gasteiger partial charge in [0.2, 0.25) is 5.60 Å². The normalized spacial score (nSPS) is 45.4. The van der Waals surface area contributed by atoms with E-state index in [0.29, 0.717) is 6.42 Å². The Morgan fingerprint density at radius 1 is 1.22 bits per heavy atom. The van der Waals surface area contributed by atoms with Gasteiger partial charge in [0.1, 0.15) is 12.3 Å². The first-order valence-electron chi connectivity index (χ1n) is 13.2. The fourth-order valence-electron chi connectivity index (χ4n) is 8.21. The number of hydrogen-bond donors (Lipinski definition) is 2. The zero-order chi connectivity index (χ0) is 27.7. The van der Waals surface area contributed by atoms with Gasteiger partial charge in [-0.2, -0.15) is 0 Å². The Morgan fingerprint density at radius 3 is 2.43 bits per heavy atom. The summed E-state index contributed by atoms with van der Waals surface area (Å²) in [5.74, 6) is -4.40. The number of fused-ring (bicyclic) bond motifs is 5. The number of aliphatic carboxylic acids is 1. The average molecular weight is 525 g/mol. The van der Waals surface area contributed by atoms with Crippen LogP contribution in [-0.4, -0.2) is 57.8 Å². The van der Waals surface area contributed by atoms with Crippen LogP contribution in [0.25, 0.3) is 0 Å². The molecule has 3 saturated carbocycles. The van der Waals surface area contributed by atoms with Gasteiger partial charge in [-0.1, -0.05) is 40.7 Å². The predicted octanol–water partition coefficient (Wildman–Crippen LogP) is 4.96. The van der Waals surface area contributed by atoms with E-state index in [-0.39, 0.29) is 30.8 Å². The van der Waals surface area contributed by atoms with Crippen molar-refractivity contribution < 1.29 is 42.9 Å². The summed E-state index contributed by atoms with van der Waals surface area (Å²) in [7, 11) is 0. The quantitative estimate of drug-likeness (QED) is 0.489. The van der Waals surface area contributed by atoms with Crippen LogP contribution < -0.4 is 0 Å². The number of carbonyl (C=O) groups excluding carboxylic acids is 2. The molecular weight excluding hydrogens is 486 g/mol. The molecule has 2 unspecified atom stereocenters. The Labute approximate surface area is 216 Å². The second-order valence-corrected chi connectivity index (χ2v) is 12.2. The highest BCUT2D eigenvalue weighted by molar-refractivity contribution is 6.01. The molecule has 0 spiro atoms. The van der Waals surface area contributed by atoms with Crippen LogP contribution in [0, 0.1) is 34.5 Å². The summed E-state index contributed by atoms with van der Waals surface area (Å²) in [5, 5.41) is 21.9. The molecule has 0 heterocycles. The number of carboxylic acid groups (broad SMARTS) is 1. The summed E-state index contributed by atoms with van der Waals surface area (Å²) in [6, 6.07) is 0. The van der Waals surface area contributed by atoms with E-state index in [9.17, 15) is 24.6 Å². The fraction of sp³-hybridized carbons (Fsp3) is 0.750. The van der Waals surface area contributed by atoms with Crippen LogP contribution in [0.2, 0.25) is 0 Å². The van der Waals surface area contributed by atoms with Crippen LogP contribution >= 0.6 is 0 Å². The van der Waals surface area contributed by atoms with Gasteiger partial charge in [0, 0.05) is 22.7 Å². The summed E-state index contributed by atoms with van der Waals surface area (Å²) < 4.78 is 44.0. The fourth-order valence-corrected chi connectivity index (χ4v) is 8.21. The number of aliphatic hydroxyl groups excluding tert-OH is 1. The average Bonchev–Trinajstić information content (AvgIpc) is 3.02. The van der Waals surface area contributed by atoms with E-state index in [4.69, 9.17) is 9.47 Å². The van der Waals surface area contributed by atoms with Gasteiger partial charge in [0.15, 0.2) is 11.5 Å². The van der Waals surface area contributed by atoms with Crippen LogP contribution in [0.15, 0.2) is 23.8 Å². The number of ketones is 1. The molecule has 3 fully saturated rings. The number of ether oxygens (including phenoxy) is 2. The molecule has 2 N–H and O–H groups in total. The van der Waals surface area contributed by atoms with Crippen molar-refractivity contribution in [3.63, 3.8) is 0 Å². The number of rotatable bonds is 5. The van der Waals surface area contributed by atoms with E-state index in [1.54, 1.807) is 13.8 Å². The highest BCUT2D eigenvalue weighted by Crippen LogP contribution is 2.71. The summed E-state index contributed by atoms with van der Waals surface area (Å²) in [4.78, 5) is 37.8. The lowest BCUT2D eigenvalue weighted by Gasteiger charge is -2.62. The second-order valence-electron chi connectivity index (χ2n) is 12.2. The van der Waals surface area contributed by atoms with Gasteiger partial charge in [-0.05, 0) is 62.2 Å². The summed E-state index contributed by atoms with van der Waals surface area (Å²) >= 11 is 0. The van der Waals surface area contributed by atoms with Gasteiger partial charge < -0.3 is 19.7 Å². The van der Waals surface area contributed by atoms with Gasteiger partial charge in [-0.15, -0.1) is 0 Å². The molecule has 9 heteroatoms. The van der Waals surface area contributed by atoms with E-state index in [2.05, 4.69) is 0 Å². The maximum absolute atomic E-state index is 17.3. The van der Waals surface area contributed by atoms with Crippen molar-refractivity contribution in [2.24, 2.45) is 34.5 Å². The van der Waals surface area contributed by atoms with Crippen LogP contribution in [0.4, 0.5) is 13.6 Å². The lowest BCUT2D eigenvalue weighted by Crippen LogP contribution is -2.71. The number of alkyl halides is 2. The molecule has 4 rings (SSSR count). The summed E-state index contributed by atoms with van der Waals surface area (Å²) in [5.41, 5.74) is -7.43. The lowest BCUT2D eigenvalue weighted by molar-refractivity contribution is -0.232. The molecule has 4 aliphatic carbocycles. The van der Waals surface area contributed by atoms with Gasteiger partial charge in [-0.25, -0.2) is 18.4 Å². The third-order valence-corrected chi connectivity index (χ3v) is 10.1. The van der Waals surface area contributed by atoms with E-state index < -0.39 is 76.1 Å². The van der Waals surface area contributed by atoms with Crippen molar-refractivity contribution in [3.05, 3.63) is 23.8 Å². The van der Waals surface area contributed by atoms with Crippen molar-refractivity contribution in [1.82, 2.24) is 0 Å². The Morgan fingerprint density at radius 2 is 1.86 bits per heavy atom. The highest BCUT2D eigenvalue weighted by Gasteiger charge is 2.78. The number of carboxylic acids is 1. The number of hydrogen-bond acceptors (Lipinski definition) is 6. The molecule has 0 amide bonds. The molecule has 10 atom stereocenters. The summed E-state index contributed by atoms with van der Waals surface area (Å²) in [6.45, 7) is 10.3. The van der Waals surface area contributed by atoms with Crippen LogP contribution in [0.5, 0.6) is 0 Å². The molecule has 0 bridgehead atoms. The number of aliphatic hydroxyl groups is 1. The topological polar surface area (TPSA) is 110 Å². The lowest BCUT2D eigenvalue weighted by atomic mass is 9.44. The molecule has 4 aliphatic rings. The molecule has 0 aliphatic heterocycles. The van der Waals surface area contributed by atoms with Crippen molar-refractivity contribution in [2.45, 2.75) is 96.9 Å². The SMILES string of the molecule is CCC(OC(=O)O[C@@]1(C(=O)O)[C@H](C)C[C@H]2[C@@H]3C[C@H](F)C4=CC(=O)C=C[C@]4(C)C3(F)[C@@H](O)C[C@@]21C)C(C)C. The van der Waals surface area contributed by atoms with E-state index in [0.717, 1.165) is 6.08 Å². The van der Waals surface area contributed by atoms with Crippen molar-refractivity contribution in [1.29, 1.82) is 0 Å². The highest BCUT2D eigenvalue weighted by atomic mass is 19.1. The Kier molecular flexibility index (Phi) is 6.66. The molecule has 0 aromatic rings. The molecule has 206 valence electrons. The molecule has 0 aromatic carbocycles. The largest absolute Gasteiger partial charge is 0.509 e. The van der Waals surface area contributed by atoms with Crippen molar-refractivity contribution in [2.75, 3.05) is 0 Å². The molecule has 0 saturated heterocycles. The zero-order valence-electron chi connectivity index (χ0n) is 22.3. The first-order valence-corrected chi connectivity index (χ1v) is 13.2. The molecule has 7 nitrogen and oxygen atoms in total. The maximum Gasteiger partial charge on any atom is 0.509 e. The Bertz CT molecular complexity index is 1060. The molecule has 0 aromatic heterocycles. The van der Waals surface area contributed by atoms with E-state index in [1.807, 2.05) is 20.8 Å².